The molecule has 0 unspecified atom stereocenters. The Morgan fingerprint density at radius 1 is 1.50 bits per heavy atom. The Morgan fingerprint density at radius 2 is 2.36 bits per heavy atom. The normalized spacial score (nSPS) is 11.0. The molecule has 1 heterocycles. The largest absolute Gasteiger partial charge is 0.441 e. The molecule has 0 amide bonds. The Bertz CT molecular complexity index is 436. The average molecular weight is 191 g/mol. The second kappa shape index (κ2) is 3.77. The molecule has 0 fully saturated rings. The molecule has 1 aromatic heterocycles. The van der Waals surface area contributed by atoms with Crippen LogP contribution in [0.1, 0.15) is 11.5 Å². The molecule has 0 spiro atoms. The van der Waals surface area contributed by atoms with Gasteiger partial charge in [-0.05, 0) is 17.7 Å². The monoisotopic (exact) mass is 191 g/mol. The standard InChI is InChI=1S/C10H13N3O/c1-7-13-9-3-2-8(5-12-6-11)4-10(9)14-7/h2-4,12H,5-6,11H2,1H3. The first-order valence-corrected chi connectivity index (χ1v) is 4.56. The lowest BCUT2D eigenvalue weighted by molar-refractivity contribution is 0.560. The van der Waals surface area contributed by atoms with E-state index in [1.165, 1.54) is 0 Å². The number of fused-ring (bicyclic) bond motifs is 1. The maximum absolute atomic E-state index is 5.42. The molecule has 0 bridgehead atoms. The molecule has 74 valence electrons. The number of benzene rings is 1. The Balaban J connectivity index is 2.31. The Morgan fingerprint density at radius 3 is 3.14 bits per heavy atom. The lowest BCUT2D eigenvalue weighted by Crippen LogP contribution is -2.21. The molecule has 0 aliphatic rings. The van der Waals surface area contributed by atoms with Crippen molar-refractivity contribution in [3.05, 3.63) is 29.7 Å². The van der Waals surface area contributed by atoms with Crippen LogP contribution in [-0.4, -0.2) is 11.7 Å². The minimum atomic E-state index is 0.480. The number of nitrogens with zero attached hydrogens (tertiary/aromatic N) is 1. The Labute approximate surface area is 82.1 Å². The first-order chi connectivity index (χ1) is 6.79. The molecule has 0 aliphatic heterocycles. The highest BCUT2D eigenvalue weighted by Crippen LogP contribution is 2.16. The average Bonchev–Trinajstić information content (AvgIpc) is 2.54. The van der Waals surface area contributed by atoms with Crippen molar-refractivity contribution < 1.29 is 4.42 Å². The first kappa shape index (κ1) is 9.18. The number of aryl methyl sites for hydroxylation is 1. The van der Waals surface area contributed by atoms with Crippen LogP contribution < -0.4 is 11.1 Å². The summed E-state index contributed by atoms with van der Waals surface area (Å²) in [5.74, 6) is 0.698. The van der Waals surface area contributed by atoms with E-state index >= 15 is 0 Å². The first-order valence-electron chi connectivity index (χ1n) is 4.56. The fourth-order valence-corrected chi connectivity index (χ4v) is 1.41. The van der Waals surface area contributed by atoms with Crippen molar-refractivity contribution in [2.45, 2.75) is 13.5 Å². The van der Waals surface area contributed by atoms with Crippen molar-refractivity contribution in [1.29, 1.82) is 0 Å². The maximum Gasteiger partial charge on any atom is 0.192 e. The van der Waals surface area contributed by atoms with Crippen molar-refractivity contribution in [3.8, 4) is 0 Å². The van der Waals surface area contributed by atoms with Gasteiger partial charge in [0.2, 0.25) is 0 Å². The van der Waals surface area contributed by atoms with E-state index in [4.69, 9.17) is 10.2 Å². The number of hydrogen-bond donors (Lipinski definition) is 2. The molecule has 0 saturated heterocycles. The van der Waals surface area contributed by atoms with Crippen LogP contribution in [0.15, 0.2) is 22.6 Å². The van der Waals surface area contributed by atoms with Gasteiger partial charge in [-0.3, -0.25) is 0 Å². The number of rotatable bonds is 3. The van der Waals surface area contributed by atoms with Crippen LogP contribution in [0.3, 0.4) is 0 Å². The quantitative estimate of drug-likeness (QED) is 0.714. The fraction of sp³-hybridized carbons (Fsp3) is 0.300. The van der Waals surface area contributed by atoms with Crippen LogP contribution >= 0.6 is 0 Å². The van der Waals surface area contributed by atoms with E-state index in [-0.39, 0.29) is 0 Å². The number of aromatic nitrogens is 1. The summed E-state index contributed by atoms with van der Waals surface area (Å²) in [5.41, 5.74) is 8.23. The lowest BCUT2D eigenvalue weighted by atomic mass is 10.2. The van der Waals surface area contributed by atoms with Crippen molar-refractivity contribution in [3.63, 3.8) is 0 Å². The van der Waals surface area contributed by atoms with Crippen LogP contribution in [-0.2, 0) is 6.54 Å². The van der Waals surface area contributed by atoms with Gasteiger partial charge in [-0.2, -0.15) is 0 Å². The van der Waals surface area contributed by atoms with Gasteiger partial charge in [0.15, 0.2) is 11.5 Å². The fourth-order valence-electron chi connectivity index (χ4n) is 1.41. The van der Waals surface area contributed by atoms with E-state index in [1.54, 1.807) is 0 Å². The molecule has 0 saturated carbocycles. The van der Waals surface area contributed by atoms with Crippen molar-refractivity contribution in [1.82, 2.24) is 10.3 Å². The molecule has 14 heavy (non-hydrogen) atoms. The molecule has 4 heteroatoms. The highest BCUT2D eigenvalue weighted by atomic mass is 16.3. The van der Waals surface area contributed by atoms with E-state index in [2.05, 4.69) is 10.3 Å². The van der Waals surface area contributed by atoms with Crippen LogP contribution in [0.5, 0.6) is 0 Å². The lowest BCUT2D eigenvalue weighted by Gasteiger charge is -2.00. The van der Waals surface area contributed by atoms with Gasteiger partial charge < -0.3 is 15.5 Å². The second-order valence-electron chi connectivity index (χ2n) is 3.17. The second-order valence-corrected chi connectivity index (χ2v) is 3.17. The highest BCUT2D eigenvalue weighted by Gasteiger charge is 2.02. The summed E-state index contributed by atoms with van der Waals surface area (Å²) in [4.78, 5) is 4.22. The molecule has 3 N–H and O–H groups in total. The summed E-state index contributed by atoms with van der Waals surface area (Å²) in [6.07, 6.45) is 0. The number of nitrogens with one attached hydrogen (secondary N) is 1. The molecule has 2 rings (SSSR count). The zero-order valence-electron chi connectivity index (χ0n) is 8.08. The molecular weight excluding hydrogens is 178 g/mol. The van der Waals surface area contributed by atoms with Gasteiger partial charge in [0.1, 0.15) is 5.52 Å². The highest BCUT2D eigenvalue weighted by molar-refractivity contribution is 5.73. The van der Waals surface area contributed by atoms with E-state index < -0.39 is 0 Å². The molecule has 0 radical (unpaired) electrons. The molecule has 1 aromatic carbocycles. The van der Waals surface area contributed by atoms with Gasteiger partial charge in [0, 0.05) is 20.1 Å². The number of hydrogen-bond acceptors (Lipinski definition) is 4. The zero-order valence-corrected chi connectivity index (χ0v) is 8.08. The van der Waals surface area contributed by atoms with Crippen LogP contribution in [0.4, 0.5) is 0 Å². The van der Waals surface area contributed by atoms with Crippen molar-refractivity contribution in [2.75, 3.05) is 6.67 Å². The molecule has 0 atom stereocenters. The molecular formula is C10H13N3O. The molecule has 0 aliphatic carbocycles. The maximum atomic E-state index is 5.42. The predicted octanol–water partition coefficient (Wildman–Crippen LogP) is 1.14. The summed E-state index contributed by atoms with van der Waals surface area (Å²) in [5, 5.41) is 3.05. The van der Waals surface area contributed by atoms with Crippen molar-refractivity contribution >= 4 is 11.1 Å². The number of nitrogens with two attached hydrogens (primary N) is 1. The summed E-state index contributed by atoms with van der Waals surface area (Å²) in [6.45, 7) is 3.08. The molecule has 4 nitrogen and oxygen atoms in total. The SMILES string of the molecule is Cc1nc2ccc(CNCN)cc2o1. The summed E-state index contributed by atoms with van der Waals surface area (Å²) in [7, 11) is 0. The van der Waals surface area contributed by atoms with E-state index in [0.29, 0.717) is 12.6 Å². The Kier molecular flexibility index (Phi) is 2.47. The van der Waals surface area contributed by atoms with Gasteiger partial charge in [-0.25, -0.2) is 4.98 Å². The van der Waals surface area contributed by atoms with Crippen LogP contribution in [0.2, 0.25) is 0 Å². The third kappa shape index (κ3) is 1.76. The van der Waals surface area contributed by atoms with Gasteiger partial charge in [0.25, 0.3) is 0 Å². The number of oxazole rings is 1. The van der Waals surface area contributed by atoms with Gasteiger partial charge in [-0.15, -0.1) is 0 Å². The van der Waals surface area contributed by atoms with Crippen LogP contribution in [0.25, 0.3) is 11.1 Å². The summed E-state index contributed by atoms with van der Waals surface area (Å²) in [6, 6.07) is 5.96. The third-order valence-corrected chi connectivity index (χ3v) is 2.03. The molecule has 2 aromatic rings. The zero-order chi connectivity index (χ0) is 9.97. The van der Waals surface area contributed by atoms with Gasteiger partial charge >= 0.3 is 0 Å². The van der Waals surface area contributed by atoms with Gasteiger partial charge in [0.05, 0.1) is 0 Å². The van der Waals surface area contributed by atoms with E-state index in [9.17, 15) is 0 Å². The minimum absolute atomic E-state index is 0.480. The predicted molar refractivity (Wildman–Crippen MR) is 54.6 cm³/mol. The minimum Gasteiger partial charge on any atom is -0.441 e. The Hall–Kier alpha value is -1.39. The van der Waals surface area contributed by atoms with E-state index in [0.717, 1.165) is 23.2 Å². The van der Waals surface area contributed by atoms with Crippen molar-refractivity contribution in [2.24, 2.45) is 5.73 Å². The van der Waals surface area contributed by atoms with Gasteiger partial charge in [-0.1, -0.05) is 6.07 Å². The smallest absolute Gasteiger partial charge is 0.192 e. The topological polar surface area (TPSA) is 64.1 Å². The summed E-state index contributed by atoms with van der Waals surface area (Å²) >= 11 is 0. The third-order valence-electron chi connectivity index (χ3n) is 2.03. The van der Waals surface area contributed by atoms with E-state index in [1.807, 2.05) is 25.1 Å². The summed E-state index contributed by atoms with van der Waals surface area (Å²) < 4.78 is 5.42. The van der Waals surface area contributed by atoms with Crippen LogP contribution in [0, 0.1) is 6.92 Å².